The summed E-state index contributed by atoms with van der Waals surface area (Å²) in [4.78, 5) is 0. The maximum Gasteiger partial charge on any atom is 0.638 e. The Bertz CT molecular complexity index is 1070. The number of aromatic hydroxyl groups is 2. The van der Waals surface area contributed by atoms with Gasteiger partial charge in [-0.25, -0.2) is 0 Å². The number of rotatable bonds is 3. The number of nitrogens with zero attached hydrogens (tertiary/aromatic N) is 2. The summed E-state index contributed by atoms with van der Waals surface area (Å²) < 4.78 is 3.28. The first-order valence-electron chi connectivity index (χ1n) is 8.54. The Balaban J connectivity index is 1.97. The van der Waals surface area contributed by atoms with Gasteiger partial charge in [0.1, 0.15) is 0 Å². The van der Waals surface area contributed by atoms with Crippen LogP contribution in [0.15, 0.2) is 78.9 Å². The highest BCUT2D eigenvalue weighted by Crippen LogP contribution is 2.23. The third kappa shape index (κ3) is 2.75. The maximum absolute atomic E-state index is 11.0. The molecule has 0 saturated carbocycles. The van der Waals surface area contributed by atoms with E-state index in [0.29, 0.717) is 17.6 Å². The maximum atomic E-state index is 11.0. The molecule has 0 aliphatic heterocycles. The van der Waals surface area contributed by atoms with E-state index in [2.05, 4.69) is 24.3 Å². The highest BCUT2D eigenvalue weighted by atomic mass is 16.3. The largest absolute Gasteiger partial charge is 0.638 e. The number of aromatic nitrogens is 2. The minimum Gasteiger partial charge on any atom is -0.459 e. The van der Waals surface area contributed by atoms with Gasteiger partial charge in [-0.1, -0.05) is 64.7 Å². The van der Waals surface area contributed by atoms with Gasteiger partial charge in [0.05, 0.1) is 0 Å². The lowest BCUT2D eigenvalue weighted by Gasteiger charge is -2.05. The SMILES string of the molecule is Cc1ccc(C[n+]2c(O)[n+](-c3ccccc3)c(O)c3ccccc32)cc1. The van der Waals surface area contributed by atoms with E-state index in [1.54, 1.807) is 0 Å². The van der Waals surface area contributed by atoms with Gasteiger partial charge in [-0.2, -0.15) is 0 Å². The lowest BCUT2D eigenvalue weighted by molar-refractivity contribution is -0.776. The molecule has 0 radical (unpaired) electrons. The monoisotopic (exact) mass is 344 g/mol. The van der Waals surface area contributed by atoms with Crippen molar-refractivity contribution in [2.24, 2.45) is 0 Å². The molecule has 0 amide bonds. The smallest absolute Gasteiger partial charge is 0.459 e. The fourth-order valence-corrected chi connectivity index (χ4v) is 3.19. The van der Waals surface area contributed by atoms with Crippen molar-refractivity contribution in [2.45, 2.75) is 13.5 Å². The van der Waals surface area contributed by atoms with Crippen molar-refractivity contribution in [1.29, 1.82) is 0 Å². The Hall–Kier alpha value is -3.40. The molecular weight excluding hydrogens is 324 g/mol. The van der Waals surface area contributed by atoms with Crippen LogP contribution in [0, 0.1) is 6.92 Å². The molecular formula is C22H20N2O2+2. The van der Waals surface area contributed by atoms with Gasteiger partial charge >= 0.3 is 11.9 Å². The molecule has 2 N–H and O–H groups in total. The molecule has 3 aromatic carbocycles. The minimum atomic E-state index is -0.0204. The van der Waals surface area contributed by atoms with E-state index in [1.165, 1.54) is 10.1 Å². The highest BCUT2D eigenvalue weighted by Gasteiger charge is 2.35. The van der Waals surface area contributed by atoms with Crippen LogP contribution in [0.25, 0.3) is 16.6 Å². The molecule has 0 aliphatic rings. The third-order valence-corrected chi connectivity index (χ3v) is 4.56. The normalized spacial score (nSPS) is 11.0. The van der Waals surface area contributed by atoms with Gasteiger partial charge in [-0.05, 0) is 17.6 Å². The molecule has 0 bridgehead atoms. The molecule has 4 rings (SSSR count). The quantitative estimate of drug-likeness (QED) is 0.561. The van der Waals surface area contributed by atoms with Crippen LogP contribution >= 0.6 is 0 Å². The van der Waals surface area contributed by atoms with Crippen LogP contribution in [-0.4, -0.2) is 10.2 Å². The molecule has 0 aliphatic carbocycles. The molecule has 4 nitrogen and oxygen atoms in total. The van der Waals surface area contributed by atoms with Crippen molar-refractivity contribution in [3.8, 4) is 17.6 Å². The van der Waals surface area contributed by atoms with Gasteiger partial charge in [-0.3, -0.25) is 0 Å². The second kappa shape index (κ2) is 6.48. The molecule has 4 heteroatoms. The lowest BCUT2D eigenvalue weighted by Crippen LogP contribution is -2.47. The second-order valence-electron chi connectivity index (χ2n) is 6.38. The molecule has 0 spiro atoms. The van der Waals surface area contributed by atoms with E-state index in [1.807, 2.05) is 66.1 Å². The highest BCUT2D eigenvalue weighted by molar-refractivity contribution is 5.79. The number of hydrogen-bond acceptors (Lipinski definition) is 2. The van der Waals surface area contributed by atoms with E-state index < -0.39 is 0 Å². The number of fused-ring (bicyclic) bond motifs is 1. The molecule has 0 fully saturated rings. The molecule has 26 heavy (non-hydrogen) atoms. The molecule has 128 valence electrons. The predicted octanol–water partition coefficient (Wildman–Crippen LogP) is 3.17. The van der Waals surface area contributed by atoms with E-state index in [-0.39, 0.29) is 11.9 Å². The van der Waals surface area contributed by atoms with Crippen molar-refractivity contribution >= 4 is 10.9 Å². The van der Waals surface area contributed by atoms with Crippen LogP contribution in [0.2, 0.25) is 0 Å². The number of benzene rings is 3. The van der Waals surface area contributed by atoms with E-state index in [0.717, 1.165) is 11.1 Å². The van der Waals surface area contributed by atoms with Crippen LogP contribution in [0.5, 0.6) is 11.9 Å². The third-order valence-electron chi connectivity index (χ3n) is 4.56. The summed E-state index contributed by atoms with van der Waals surface area (Å²) in [6, 6.07) is 25.1. The second-order valence-corrected chi connectivity index (χ2v) is 6.38. The lowest BCUT2D eigenvalue weighted by atomic mass is 10.1. The summed E-state index contributed by atoms with van der Waals surface area (Å²) in [5.41, 5.74) is 3.74. The van der Waals surface area contributed by atoms with Gasteiger partial charge in [0.25, 0.3) is 0 Å². The fourth-order valence-electron chi connectivity index (χ4n) is 3.19. The summed E-state index contributed by atoms with van der Waals surface area (Å²) in [6.07, 6.45) is 0. The average Bonchev–Trinajstić information content (AvgIpc) is 2.68. The molecule has 1 heterocycles. The Morgan fingerprint density at radius 3 is 2.15 bits per heavy atom. The summed E-state index contributed by atoms with van der Waals surface area (Å²) in [5.74, 6) is 0.0180. The molecule has 0 unspecified atom stereocenters. The Morgan fingerprint density at radius 2 is 1.42 bits per heavy atom. The Labute approximate surface area is 151 Å². The van der Waals surface area contributed by atoms with Crippen molar-refractivity contribution < 1.29 is 19.3 Å². The summed E-state index contributed by atoms with van der Waals surface area (Å²) >= 11 is 0. The Morgan fingerprint density at radius 1 is 0.769 bits per heavy atom. The van der Waals surface area contributed by atoms with Gasteiger partial charge in [-0.15, -0.1) is 0 Å². The van der Waals surface area contributed by atoms with Gasteiger partial charge < -0.3 is 10.2 Å². The number of hydrogen-bond donors (Lipinski definition) is 2. The summed E-state index contributed by atoms with van der Waals surface area (Å²) in [5, 5.41) is 22.5. The first-order chi connectivity index (χ1) is 12.6. The number of aryl methyl sites for hydroxylation is 1. The number of para-hydroxylation sites is 2. The fraction of sp³-hybridized carbons (Fsp3) is 0.0909. The van der Waals surface area contributed by atoms with Crippen LogP contribution in [0.3, 0.4) is 0 Å². The zero-order valence-corrected chi connectivity index (χ0v) is 14.5. The van der Waals surface area contributed by atoms with E-state index in [4.69, 9.17) is 0 Å². The Kier molecular flexibility index (Phi) is 4.01. The molecule has 1 aromatic heterocycles. The van der Waals surface area contributed by atoms with Gasteiger partial charge in [0, 0.05) is 23.8 Å². The molecule has 0 saturated heterocycles. The average molecular weight is 344 g/mol. The van der Waals surface area contributed by atoms with Gasteiger partial charge in [0.15, 0.2) is 11.9 Å². The summed E-state index contributed by atoms with van der Waals surface area (Å²) in [6.45, 7) is 2.55. The van der Waals surface area contributed by atoms with Crippen molar-refractivity contribution in [2.75, 3.05) is 0 Å². The van der Waals surface area contributed by atoms with Crippen LogP contribution in [0.4, 0.5) is 0 Å². The zero-order valence-electron chi connectivity index (χ0n) is 14.5. The standard InChI is InChI=1S/C22H18N2O2/c1-16-11-13-17(14-12-16)15-23-20-10-6-5-9-19(20)21(25)24(22(23)26)18-7-3-2-4-8-18/h2-14H,15H2,1H3/p+2. The topological polar surface area (TPSA) is 48.2 Å². The molecule has 0 atom stereocenters. The minimum absolute atomic E-state index is 0.0180. The van der Waals surface area contributed by atoms with Crippen molar-refractivity contribution in [3.63, 3.8) is 0 Å². The predicted molar refractivity (Wildman–Crippen MR) is 99.3 cm³/mol. The van der Waals surface area contributed by atoms with E-state index in [9.17, 15) is 10.2 Å². The zero-order chi connectivity index (χ0) is 18.1. The van der Waals surface area contributed by atoms with Gasteiger partial charge in [0.2, 0.25) is 11.2 Å². The van der Waals surface area contributed by atoms with Crippen molar-refractivity contribution in [1.82, 2.24) is 0 Å². The van der Waals surface area contributed by atoms with E-state index >= 15 is 0 Å². The van der Waals surface area contributed by atoms with Crippen LogP contribution in [0.1, 0.15) is 11.1 Å². The molecule has 4 aromatic rings. The summed E-state index contributed by atoms with van der Waals surface area (Å²) in [7, 11) is 0. The van der Waals surface area contributed by atoms with Crippen LogP contribution in [-0.2, 0) is 6.54 Å². The first kappa shape index (κ1) is 16.1. The van der Waals surface area contributed by atoms with Crippen LogP contribution < -0.4 is 9.13 Å². The first-order valence-corrected chi connectivity index (χ1v) is 8.54. The van der Waals surface area contributed by atoms with Crippen molar-refractivity contribution in [3.05, 3.63) is 90.0 Å².